The molecule has 0 aliphatic heterocycles. The molecule has 2 N–H and O–H groups in total. The van der Waals surface area contributed by atoms with Crippen LogP contribution in [0.5, 0.6) is 0 Å². The van der Waals surface area contributed by atoms with E-state index in [9.17, 15) is 4.79 Å². The first kappa shape index (κ1) is 16.6. The van der Waals surface area contributed by atoms with Gasteiger partial charge in [0, 0.05) is 16.8 Å². The van der Waals surface area contributed by atoms with Crippen molar-refractivity contribution in [2.24, 2.45) is 0 Å². The van der Waals surface area contributed by atoms with Crippen molar-refractivity contribution >= 4 is 34.8 Å². The van der Waals surface area contributed by atoms with Crippen LogP contribution in [-0.2, 0) is 6.61 Å². The maximum Gasteiger partial charge on any atom is 0.255 e. The van der Waals surface area contributed by atoms with Crippen LogP contribution in [0.15, 0.2) is 59.0 Å². The minimum absolute atomic E-state index is 0.159. The monoisotopic (exact) mass is 361 g/mol. The van der Waals surface area contributed by atoms with Gasteiger partial charge in [-0.1, -0.05) is 35.3 Å². The molecule has 6 heteroatoms. The van der Waals surface area contributed by atoms with Crippen LogP contribution in [0, 0.1) is 0 Å². The second-order valence-electron chi connectivity index (χ2n) is 5.09. The van der Waals surface area contributed by atoms with Gasteiger partial charge < -0.3 is 14.8 Å². The molecule has 0 unspecified atom stereocenters. The number of furan rings is 1. The molecule has 0 radical (unpaired) electrons. The number of carbonyl (C=O) groups is 1. The lowest BCUT2D eigenvalue weighted by Crippen LogP contribution is -2.11. The van der Waals surface area contributed by atoms with Gasteiger partial charge >= 0.3 is 0 Å². The summed E-state index contributed by atoms with van der Waals surface area (Å²) in [5.74, 6) is 0.807. The van der Waals surface area contributed by atoms with Crippen molar-refractivity contribution in [1.29, 1.82) is 0 Å². The van der Waals surface area contributed by atoms with E-state index in [-0.39, 0.29) is 12.5 Å². The van der Waals surface area contributed by atoms with Crippen molar-refractivity contribution in [3.8, 4) is 11.3 Å². The molecule has 0 bridgehead atoms. The van der Waals surface area contributed by atoms with E-state index in [1.807, 2.05) is 6.07 Å². The van der Waals surface area contributed by atoms with Crippen LogP contribution in [0.2, 0.25) is 10.0 Å². The van der Waals surface area contributed by atoms with Crippen LogP contribution in [-0.4, -0.2) is 11.0 Å². The third-order valence-corrected chi connectivity index (χ3v) is 4.14. The molecule has 24 heavy (non-hydrogen) atoms. The highest BCUT2D eigenvalue weighted by Gasteiger charge is 2.10. The minimum Gasteiger partial charge on any atom is -0.459 e. The standard InChI is InChI=1S/C18H13Cl2NO3/c19-15-6-4-12(9-16(15)20)18(23)21-13-3-1-2-11(8-13)17-7-5-14(10-22)24-17/h1-9,22H,10H2,(H,21,23). The van der Waals surface area contributed by atoms with Gasteiger partial charge in [0.25, 0.3) is 5.91 Å². The zero-order chi connectivity index (χ0) is 17.1. The van der Waals surface area contributed by atoms with Gasteiger partial charge in [-0.2, -0.15) is 0 Å². The minimum atomic E-state index is -0.291. The molecule has 0 saturated heterocycles. The number of hydrogen-bond donors (Lipinski definition) is 2. The third-order valence-electron chi connectivity index (χ3n) is 3.40. The Kier molecular flexibility index (Phi) is 4.90. The number of anilines is 1. The number of carbonyl (C=O) groups excluding carboxylic acids is 1. The highest BCUT2D eigenvalue weighted by atomic mass is 35.5. The lowest BCUT2D eigenvalue weighted by atomic mass is 10.1. The quantitative estimate of drug-likeness (QED) is 0.687. The Morgan fingerprint density at radius 1 is 1.04 bits per heavy atom. The van der Waals surface area contributed by atoms with Gasteiger partial charge in [0.05, 0.1) is 10.0 Å². The van der Waals surface area contributed by atoms with Crippen molar-refractivity contribution < 1.29 is 14.3 Å². The van der Waals surface area contributed by atoms with Crippen LogP contribution in [0.4, 0.5) is 5.69 Å². The predicted molar refractivity (Wildman–Crippen MR) is 94.5 cm³/mol. The van der Waals surface area contributed by atoms with E-state index in [0.29, 0.717) is 32.8 Å². The fourth-order valence-corrected chi connectivity index (χ4v) is 2.51. The fraction of sp³-hybridized carbons (Fsp3) is 0.0556. The molecule has 1 amide bonds. The Morgan fingerprint density at radius 2 is 1.88 bits per heavy atom. The number of aliphatic hydroxyl groups excluding tert-OH is 1. The van der Waals surface area contributed by atoms with E-state index < -0.39 is 0 Å². The SMILES string of the molecule is O=C(Nc1cccc(-c2ccc(CO)o2)c1)c1ccc(Cl)c(Cl)c1. The number of hydrogen-bond acceptors (Lipinski definition) is 3. The van der Waals surface area contributed by atoms with Gasteiger partial charge in [-0.05, 0) is 42.5 Å². The Bertz CT molecular complexity index is 889. The summed E-state index contributed by atoms with van der Waals surface area (Å²) in [6.45, 7) is -0.159. The van der Waals surface area contributed by atoms with Gasteiger partial charge in [-0.15, -0.1) is 0 Å². The van der Waals surface area contributed by atoms with E-state index in [0.717, 1.165) is 5.56 Å². The van der Waals surface area contributed by atoms with Crippen molar-refractivity contribution in [1.82, 2.24) is 0 Å². The third kappa shape index (κ3) is 3.62. The molecule has 2 aromatic carbocycles. The van der Waals surface area contributed by atoms with Gasteiger partial charge in [0.1, 0.15) is 18.1 Å². The average Bonchev–Trinajstić information content (AvgIpc) is 3.07. The maximum absolute atomic E-state index is 12.3. The highest BCUT2D eigenvalue weighted by molar-refractivity contribution is 6.42. The summed E-state index contributed by atoms with van der Waals surface area (Å²) < 4.78 is 5.50. The van der Waals surface area contributed by atoms with Crippen LogP contribution in [0.25, 0.3) is 11.3 Å². The maximum atomic E-state index is 12.3. The van der Waals surface area contributed by atoms with Crippen LogP contribution >= 0.6 is 23.2 Å². The molecule has 0 saturated carbocycles. The second-order valence-corrected chi connectivity index (χ2v) is 5.90. The summed E-state index contributed by atoms with van der Waals surface area (Å²) in [4.78, 5) is 12.3. The summed E-state index contributed by atoms with van der Waals surface area (Å²) in [5.41, 5.74) is 1.82. The number of rotatable bonds is 4. The molecule has 122 valence electrons. The molecule has 3 aromatic rings. The number of nitrogens with one attached hydrogen (secondary N) is 1. The largest absolute Gasteiger partial charge is 0.459 e. The summed E-state index contributed by atoms with van der Waals surface area (Å²) >= 11 is 11.8. The van der Waals surface area contributed by atoms with E-state index in [1.165, 1.54) is 6.07 Å². The van der Waals surface area contributed by atoms with E-state index >= 15 is 0 Å². The topological polar surface area (TPSA) is 62.5 Å². The normalized spacial score (nSPS) is 10.6. The zero-order valence-electron chi connectivity index (χ0n) is 12.4. The Morgan fingerprint density at radius 3 is 2.58 bits per heavy atom. The predicted octanol–water partition coefficient (Wildman–Crippen LogP) is 5.00. The van der Waals surface area contributed by atoms with E-state index in [4.69, 9.17) is 32.7 Å². The molecule has 1 heterocycles. The number of benzene rings is 2. The molecule has 0 fully saturated rings. The Hall–Kier alpha value is -2.27. The smallest absolute Gasteiger partial charge is 0.255 e. The zero-order valence-corrected chi connectivity index (χ0v) is 13.9. The van der Waals surface area contributed by atoms with Crippen LogP contribution in [0.3, 0.4) is 0 Å². The Labute approximate surface area is 148 Å². The fourth-order valence-electron chi connectivity index (χ4n) is 2.21. The number of aliphatic hydroxyl groups is 1. The number of amides is 1. The molecule has 3 rings (SSSR count). The van der Waals surface area contributed by atoms with Crippen molar-refractivity contribution in [2.75, 3.05) is 5.32 Å². The molecule has 0 aliphatic carbocycles. The van der Waals surface area contributed by atoms with Crippen molar-refractivity contribution in [3.05, 3.63) is 76.0 Å². The average molecular weight is 362 g/mol. The molecule has 0 atom stereocenters. The van der Waals surface area contributed by atoms with Gasteiger partial charge in [0.15, 0.2) is 0 Å². The van der Waals surface area contributed by atoms with Gasteiger partial charge in [-0.25, -0.2) is 0 Å². The summed E-state index contributed by atoms with van der Waals surface area (Å²) in [6, 6.07) is 15.4. The van der Waals surface area contributed by atoms with E-state index in [1.54, 1.807) is 42.5 Å². The molecular weight excluding hydrogens is 349 g/mol. The molecule has 0 aliphatic rings. The lowest BCUT2D eigenvalue weighted by molar-refractivity contribution is 0.102. The molecule has 1 aromatic heterocycles. The Balaban J connectivity index is 1.81. The van der Waals surface area contributed by atoms with Crippen LogP contribution < -0.4 is 5.32 Å². The first-order chi connectivity index (χ1) is 11.6. The number of halogens is 2. The first-order valence-corrected chi connectivity index (χ1v) is 7.89. The lowest BCUT2D eigenvalue weighted by Gasteiger charge is -2.07. The molecule has 0 spiro atoms. The van der Waals surface area contributed by atoms with Gasteiger partial charge in [-0.3, -0.25) is 4.79 Å². The van der Waals surface area contributed by atoms with Gasteiger partial charge in [0.2, 0.25) is 0 Å². The summed E-state index contributed by atoms with van der Waals surface area (Å²) in [6.07, 6.45) is 0. The second kappa shape index (κ2) is 7.09. The summed E-state index contributed by atoms with van der Waals surface area (Å²) in [7, 11) is 0. The van der Waals surface area contributed by atoms with E-state index in [2.05, 4.69) is 5.32 Å². The molecular formula is C18H13Cl2NO3. The molecule has 4 nitrogen and oxygen atoms in total. The first-order valence-electron chi connectivity index (χ1n) is 7.13. The highest BCUT2D eigenvalue weighted by Crippen LogP contribution is 2.26. The van der Waals surface area contributed by atoms with Crippen molar-refractivity contribution in [3.63, 3.8) is 0 Å². The summed E-state index contributed by atoms with van der Waals surface area (Å²) in [5, 5.41) is 12.6. The van der Waals surface area contributed by atoms with Crippen molar-refractivity contribution in [2.45, 2.75) is 6.61 Å². The van der Waals surface area contributed by atoms with Crippen LogP contribution in [0.1, 0.15) is 16.1 Å².